The number of hydrogen-bond donors (Lipinski definition) is 1. The molecular formula is C12H14N6O2. The first-order chi connectivity index (χ1) is 9.70. The van der Waals surface area contributed by atoms with Crippen molar-refractivity contribution in [2.75, 3.05) is 24.3 Å². The first-order valence-electron chi connectivity index (χ1n) is 6.15. The molecular weight excluding hydrogens is 260 g/mol. The lowest BCUT2D eigenvalue weighted by Crippen LogP contribution is -2.35. The van der Waals surface area contributed by atoms with Crippen molar-refractivity contribution in [1.29, 1.82) is 0 Å². The molecule has 3 rings (SSSR count). The highest BCUT2D eigenvalue weighted by atomic mass is 16.5. The van der Waals surface area contributed by atoms with Crippen LogP contribution in [0.15, 0.2) is 18.6 Å². The van der Waals surface area contributed by atoms with Gasteiger partial charge < -0.3 is 19.9 Å². The van der Waals surface area contributed by atoms with E-state index in [9.17, 15) is 4.79 Å². The standard InChI is InChI=1S/C12H14N6O2/c1-20-12(19)8-2-3-14-11(10(8)13)17-4-5-18-7-15-16-9(18)6-17/h2-3,7H,4-6,13H2,1H3. The van der Waals surface area contributed by atoms with Gasteiger partial charge in [0.2, 0.25) is 0 Å². The Hall–Kier alpha value is -2.64. The van der Waals surface area contributed by atoms with Gasteiger partial charge >= 0.3 is 5.97 Å². The molecule has 2 aromatic rings. The number of anilines is 2. The molecule has 0 aromatic carbocycles. The van der Waals surface area contributed by atoms with Crippen LogP contribution in [-0.2, 0) is 17.8 Å². The number of nitrogens with two attached hydrogens (primary N) is 1. The van der Waals surface area contributed by atoms with Crippen LogP contribution < -0.4 is 10.6 Å². The van der Waals surface area contributed by atoms with Gasteiger partial charge in [-0.15, -0.1) is 10.2 Å². The summed E-state index contributed by atoms with van der Waals surface area (Å²) in [5.74, 6) is 0.953. The maximum absolute atomic E-state index is 11.7. The Bertz CT molecular complexity index is 653. The topological polar surface area (TPSA) is 99.2 Å². The number of carbonyl (C=O) groups is 1. The zero-order valence-corrected chi connectivity index (χ0v) is 11.0. The minimum atomic E-state index is -0.466. The molecule has 0 amide bonds. The molecule has 0 atom stereocenters. The number of nitrogens with zero attached hydrogens (tertiary/aromatic N) is 5. The zero-order chi connectivity index (χ0) is 14.1. The zero-order valence-electron chi connectivity index (χ0n) is 11.0. The van der Waals surface area contributed by atoms with Gasteiger partial charge in [0.15, 0.2) is 11.6 Å². The van der Waals surface area contributed by atoms with E-state index < -0.39 is 5.97 Å². The molecule has 0 saturated heterocycles. The van der Waals surface area contributed by atoms with Crippen molar-refractivity contribution in [1.82, 2.24) is 19.7 Å². The fourth-order valence-corrected chi connectivity index (χ4v) is 2.25. The maximum Gasteiger partial charge on any atom is 0.340 e. The highest BCUT2D eigenvalue weighted by Gasteiger charge is 2.23. The number of aromatic nitrogens is 4. The molecule has 0 aliphatic carbocycles. The van der Waals surface area contributed by atoms with E-state index in [4.69, 9.17) is 10.5 Å². The van der Waals surface area contributed by atoms with E-state index >= 15 is 0 Å². The molecule has 0 fully saturated rings. The molecule has 104 valence electrons. The molecule has 0 unspecified atom stereocenters. The number of esters is 1. The molecule has 1 aliphatic heterocycles. The van der Waals surface area contributed by atoms with E-state index in [1.807, 2.05) is 9.47 Å². The summed E-state index contributed by atoms with van der Waals surface area (Å²) in [6.07, 6.45) is 3.26. The molecule has 20 heavy (non-hydrogen) atoms. The quantitative estimate of drug-likeness (QED) is 0.773. The van der Waals surface area contributed by atoms with Gasteiger partial charge in [-0.05, 0) is 6.07 Å². The largest absolute Gasteiger partial charge is 0.465 e. The lowest BCUT2D eigenvalue weighted by molar-refractivity contribution is 0.0602. The third-order valence-electron chi connectivity index (χ3n) is 3.31. The van der Waals surface area contributed by atoms with Gasteiger partial charge in [0, 0.05) is 19.3 Å². The minimum Gasteiger partial charge on any atom is -0.465 e. The highest BCUT2D eigenvalue weighted by Crippen LogP contribution is 2.27. The van der Waals surface area contributed by atoms with Gasteiger partial charge in [0.1, 0.15) is 6.33 Å². The molecule has 8 heteroatoms. The van der Waals surface area contributed by atoms with Gasteiger partial charge in [-0.2, -0.15) is 0 Å². The molecule has 2 aromatic heterocycles. The number of methoxy groups -OCH3 is 1. The van der Waals surface area contributed by atoms with Crippen molar-refractivity contribution in [3.8, 4) is 0 Å². The van der Waals surface area contributed by atoms with E-state index in [1.165, 1.54) is 7.11 Å². The normalized spacial score (nSPS) is 13.9. The molecule has 0 saturated carbocycles. The van der Waals surface area contributed by atoms with Crippen LogP contribution in [0.4, 0.5) is 11.5 Å². The average molecular weight is 274 g/mol. The van der Waals surface area contributed by atoms with Crippen molar-refractivity contribution >= 4 is 17.5 Å². The first kappa shape index (κ1) is 12.4. The number of fused-ring (bicyclic) bond motifs is 1. The lowest BCUT2D eigenvalue weighted by Gasteiger charge is -2.29. The van der Waals surface area contributed by atoms with Crippen LogP contribution in [-0.4, -0.2) is 39.4 Å². The SMILES string of the molecule is COC(=O)c1ccnc(N2CCn3cnnc3C2)c1N. The lowest BCUT2D eigenvalue weighted by atomic mass is 10.2. The molecule has 2 N–H and O–H groups in total. The van der Waals surface area contributed by atoms with Crippen molar-refractivity contribution in [3.05, 3.63) is 30.0 Å². The third kappa shape index (κ3) is 1.94. The minimum absolute atomic E-state index is 0.324. The Labute approximate surface area is 115 Å². The second kappa shape index (κ2) is 4.80. The van der Waals surface area contributed by atoms with Gasteiger partial charge in [-0.1, -0.05) is 0 Å². The summed E-state index contributed by atoms with van der Waals surface area (Å²) in [4.78, 5) is 17.9. The molecule has 3 heterocycles. The predicted molar refractivity (Wildman–Crippen MR) is 71.1 cm³/mol. The Morgan fingerprint density at radius 3 is 3.10 bits per heavy atom. The summed E-state index contributed by atoms with van der Waals surface area (Å²) in [5.41, 5.74) is 6.69. The van der Waals surface area contributed by atoms with Crippen LogP contribution in [0.5, 0.6) is 0 Å². The van der Waals surface area contributed by atoms with E-state index in [0.717, 1.165) is 18.9 Å². The summed E-state index contributed by atoms with van der Waals surface area (Å²) in [7, 11) is 1.32. The van der Waals surface area contributed by atoms with Gasteiger partial charge in [0.25, 0.3) is 0 Å². The van der Waals surface area contributed by atoms with Crippen LogP contribution in [0.3, 0.4) is 0 Å². The Morgan fingerprint density at radius 2 is 2.30 bits per heavy atom. The fourth-order valence-electron chi connectivity index (χ4n) is 2.25. The van der Waals surface area contributed by atoms with Gasteiger partial charge in [-0.25, -0.2) is 9.78 Å². The Balaban J connectivity index is 1.94. The van der Waals surface area contributed by atoms with Crippen LogP contribution >= 0.6 is 0 Å². The van der Waals surface area contributed by atoms with Crippen LogP contribution in [0.2, 0.25) is 0 Å². The average Bonchev–Trinajstić information content (AvgIpc) is 2.94. The summed E-state index contributed by atoms with van der Waals surface area (Å²) in [6, 6.07) is 1.55. The summed E-state index contributed by atoms with van der Waals surface area (Å²) in [5, 5.41) is 7.92. The monoisotopic (exact) mass is 274 g/mol. The third-order valence-corrected chi connectivity index (χ3v) is 3.31. The van der Waals surface area contributed by atoms with Crippen molar-refractivity contribution < 1.29 is 9.53 Å². The summed E-state index contributed by atoms with van der Waals surface area (Å²) < 4.78 is 6.69. The van der Waals surface area contributed by atoms with Crippen LogP contribution in [0.1, 0.15) is 16.2 Å². The van der Waals surface area contributed by atoms with Crippen molar-refractivity contribution in [2.45, 2.75) is 13.1 Å². The van der Waals surface area contributed by atoms with E-state index in [0.29, 0.717) is 23.6 Å². The number of ether oxygens (including phenoxy) is 1. The number of hydrogen-bond acceptors (Lipinski definition) is 7. The predicted octanol–water partition coefficient (Wildman–Crippen LogP) is 0.0621. The number of pyridine rings is 1. The second-order valence-corrected chi connectivity index (χ2v) is 4.45. The number of rotatable bonds is 2. The molecule has 8 nitrogen and oxygen atoms in total. The Morgan fingerprint density at radius 1 is 1.45 bits per heavy atom. The molecule has 0 radical (unpaired) electrons. The fraction of sp³-hybridized carbons (Fsp3) is 0.333. The smallest absolute Gasteiger partial charge is 0.340 e. The first-order valence-corrected chi connectivity index (χ1v) is 6.15. The second-order valence-electron chi connectivity index (χ2n) is 4.45. The summed E-state index contributed by atoms with van der Waals surface area (Å²) in [6.45, 7) is 2.04. The van der Waals surface area contributed by atoms with Gasteiger partial charge in [0.05, 0.1) is 24.9 Å². The summed E-state index contributed by atoms with van der Waals surface area (Å²) >= 11 is 0. The molecule has 0 bridgehead atoms. The van der Waals surface area contributed by atoms with Crippen LogP contribution in [0, 0.1) is 0 Å². The molecule has 1 aliphatic rings. The van der Waals surface area contributed by atoms with E-state index in [1.54, 1.807) is 18.6 Å². The molecule has 0 spiro atoms. The maximum atomic E-state index is 11.7. The van der Waals surface area contributed by atoms with Gasteiger partial charge in [-0.3, -0.25) is 0 Å². The number of nitrogen functional groups attached to an aromatic ring is 1. The van der Waals surface area contributed by atoms with E-state index in [2.05, 4.69) is 15.2 Å². The van der Waals surface area contributed by atoms with Crippen molar-refractivity contribution in [2.24, 2.45) is 0 Å². The van der Waals surface area contributed by atoms with Crippen molar-refractivity contribution in [3.63, 3.8) is 0 Å². The van der Waals surface area contributed by atoms with E-state index in [-0.39, 0.29) is 0 Å². The van der Waals surface area contributed by atoms with Crippen LogP contribution in [0.25, 0.3) is 0 Å². The number of carbonyl (C=O) groups excluding carboxylic acids is 1. The highest BCUT2D eigenvalue weighted by molar-refractivity contribution is 5.97. The Kier molecular flexibility index (Phi) is 2.97.